The fourth-order valence-corrected chi connectivity index (χ4v) is 8.33. The Labute approximate surface area is 301 Å². The zero-order chi connectivity index (χ0) is 37.6. The lowest BCUT2D eigenvalue weighted by molar-refractivity contribution is -0.141. The molecule has 1 aromatic rings. The molecule has 5 amide bonds. The Morgan fingerprint density at radius 1 is 1.02 bits per heavy atom. The monoisotopic (exact) mass is 749 g/mol. The fourth-order valence-electron chi connectivity index (χ4n) is 6.96. The van der Waals surface area contributed by atoms with Crippen LogP contribution in [0.2, 0.25) is 0 Å². The maximum absolute atomic E-state index is 15.2. The molecule has 0 bridgehead atoms. The quantitative estimate of drug-likeness (QED) is 0.381. The average Bonchev–Trinajstić information content (AvgIpc) is 3.94. The topological polar surface area (TPSA) is 181 Å². The van der Waals surface area contributed by atoms with E-state index in [1.54, 1.807) is 20.8 Å². The number of amides is 5. The first-order chi connectivity index (χ1) is 24.4. The van der Waals surface area contributed by atoms with Crippen molar-refractivity contribution in [1.29, 1.82) is 0 Å². The summed E-state index contributed by atoms with van der Waals surface area (Å²) in [5.41, 5.74) is -0.809. The molecule has 3 N–H and O–H groups in total. The molecule has 3 fully saturated rings. The van der Waals surface area contributed by atoms with E-state index in [9.17, 15) is 32.4 Å². The number of nitrogens with one attached hydrogen (secondary N) is 3. The molecule has 52 heavy (non-hydrogen) atoms. The maximum atomic E-state index is 15.2. The first kappa shape index (κ1) is 37.5. The number of hydrogen-bond donors (Lipinski definition) is 3. The first-order valence-corrected chi connectivity index (χ1v) is 19.2. The van der Waals surface area contributed by atoms with E-state index >= 15 is 8.78 Å². The number of ether oxygens (including phenoxy) is 2. The van der Waals surface area contributed by atoms with Gasteiger partial charge in [-0.3, -0.25) is 24.0 Å². The van der Waals surface area contributed by atoms with Crippen LogP contribution in [0.1, 0.15) is 83.3 Å². The normalized spacial score (nSPS) is 29.6. The van der Waals surface area contributed by atoms with Crippen molar-refractivity contribution in [1.82, 2.24) is 25.2 Å². The molecule has 2 aliphatic carbocycles. The second-order valence-corrected chi connectivity index (χ2v) is 17.3. The van der Waals surface area contributed by atoms with E-state index in [1.165, 1.54) is 17.1 Å². The van der Waals surface area contributed by atoms with Crippen LogP contribution in [0, 0.1) is 5.92 Å². The highest BCUT2D eigenvalue weighted by molar-refractivity contribution is 7.91. The fraction of sp³-hybridized carbons (Fsp3) is 0.629. The largest absolute Gasteiger partial charge is 0.444 e. The van der Waals surface area contributed by atoms with Gasteiger partial charge in [-0.05, 0) is 64.0 Å². The van der Waals surface area contributed by atoms with Crippen LogP contribution in [0.3, 0.4) is 0 Å². The summed E-state index contributed by atoms with van der Waals surface area (Å²) in [7, 11) is -4.01. The number of allylic oxidation sites excluding steroid dienone is 1. The van der Waals surface area contributed by atoms with Gasteiger partial charge in [-0.15, -0.1) is 0 Å². The van der Waals surface area contributed by atoms with E-state index in [2.05, 4.69) is 15.4 Å². The van der Waals surface area contributed by atoms with E-state index in [-0.39, 0.29) is 25.8 Å². The highest BCUT2D eigenvalue weighted by Crippen LogP contribution is 2.46. The molecule has 14 nitrogen and oxygen atoms in total. The van der Waals surface area contributed by atoms with Crippen LogP contribution < -0.4 is 15.4 Å². The third kappa shape index (κ3) is 8.50. The zero-order valence-corrected chi connectivity index (χ0v) is 30.2. The van der Waals surface area contributed by atoms with Crippen molar-refractivity contribution in [2.75, 3.05) is 6.54 Å². The van der Waals surface area contributed by atoms with Gasteiger partial charge in [0.2, 0.25) is 27.8 Å². The van der Waals surface area contributed by atoms with Crippen molar-refractivity contribution in [2.45, 2.75) is 126 Å². The van der Waals surface area contributed by atoms with Crippen LogP contribution in [0.25, 0.3) is 0 Å². The molecule has 0 aromatic heterocycles. The summed E-state index contributed by atoms with van der Waals surface area (Å²) in [6, 6.07) is 4.57. The molecule has 3 heterocycles. The van der Waals surface area contributed by atoms with Crippen LogP contribution in [0.15, 0.2) is 36.4 Å². The predicted octanol–water partition coefficient (Wildman–Crippen LogP) is 3.25. The lowest BCUT2D eigenvalue weighted by atomic mass is 10.0. The number of fused-ring (bicyclic) bond motifs is 3. The predicted molar refractivity (Wildman–Crippen MR) is 181 cm³/mol. The van der Waals surface area contributed by atoms with Crippen LogP contribution in [0.5, 0.6) is 0 Å². The number of sulfonamides is 1. The highest BCUT2D eigenvalue weighted by Gasteiger charge is 2.62. The lowest BCUT2D eigenvalue weighted by Crippen LogP contribution is -2.58. The van der Waals surface area contributed by atoms with E-state index in [4.69, 9.17) is 9.47 Å². The third-order valence-electron chi connectivity index (χ3n) is 10.0. The van der Waals surface area contributed by atoms with Crippen molar-refractivity contribution < 1.29 is 50.6 Å². The molecular weight excluding hydrogens is 704 g/mol. The van der Waals surface area contributed by atoms with Gasteiger partial charge in [-0.25, -0.2) is 26.8 Å². The number of rotatable bonds is 5. The summed E-state index contributed by atoms with van der Waals surface area (Å²) in [6.45, 7) is 5.06. The van der Waals surface area contributed by atoms with Crippen molar-refractivity contribution in [3.8, 4) is 0 Å². The molecule has 5 atom stereocenters. The van der Waals surface area contributed by atoms with E-state index < -0.39 is 106 Å². The van der Waals surface area contributed by atoms with Crippen LogP contribution in [-0.2, 0) is 47.0 Å². The molecular formula is C35H45F2N5O9S. The summed E-state index contributed by atoms with van der Waals surface area (Å²) in [6.07, 6.45) is -1.17. The Balaban J connectivity index is 1.28. The maximum Gasteiger partial charge on any atom is 0.410 e. The number of carbonyl (C=O) groups is 5. The Hall–Kier alpha value is -4.28. The van der Waals surface area contributed by atoms with Crippen molar-refractivity contribution in [2.24, 2.45) is 5.92 Å². The second-order valence-electron chi connectivity index (χ2n) is 15.4. The van der Waals surface area contributed by atoms with Crippen LogP contribution in [0.4, 0.5) is 18.4 Å². The number of nitrogens with zero attached hydrogens (tertiary/aromatic N) is 2. The molecule has 2 saturated carbocycles. The van der Waals surface area contributed by atoms with Gasteiger partial charge in [0, 0.05) is 38.3 Å². The molecule has 284 valence electrons. The minimum absolute atomic E-state index is 0.00488. The Bertz CT molecular complexity index is 1740. The number of alkyl halides is 2. The average molecular weight is 750 g/mol. The lowest BCUT2D eigenvalue weighted by Gasteiger charge is -2.31. The van der Waals surface area contributed by atoms with Gasteiger partial charge >= 0.3 is 12.2 Å². The molecule has 0 spiro atoms. The Morgan fingerprint density at radius 3 is 2.33 bits per heavy atom. The summed E-state index contributed by atoms with van der Waals surface area (Å²) < 4.78 is 69.0. The van der Waals surface area contributed by atoms with Gasteiger partial charge in [0.25, 0.3) is 5.91 Å². The summed E-state index contributed by atoms with van der Waals surface area (Å²) in [5.74, 6) is -6.63. The number of benzene rings is 1. The number of hydrogen-bond acceptors (Lipinski definition) is 9. The number of carbonyl (C=O) groups excluding carboxylic acids is 5. The minimum atomic E-state index is -4.01. The molecule has 0 radical (unpaired) electrons. The van der Waals surface area contributed by atoms with Crippen molar-refractivity contribution >= 4 is 39.9 Å². The van der Waals surface area contributed by atoms with Gasteiger partial charge in [0.1, 0.15) is 29.3 Å². The van der Waals surface area contributed by atoms with Gasteiger partial charge in [0.05, 0.1) is 11.8 Å². The molecule has 1 aromatic carbocycles. The second kappa shape index (κ2) is 13.9. The molecule has 17 heteroatoms. The van der Waals surface area contributed by atoms with Crippen molar-refractivity contribution in [3.63, 3.8) is 0 Å². The Kier molecular flexibility index (Phi) is 10.0. The molecule has 1 saturated heterocycles. The minimum Gasteiger partial charge on any atom is -0.444 e. The smallest absolute Gasteiger partial charge is 0.410 e. The van der Waals surface area contributed by atoms with Gasteiger partial charge in [0.15, 0.2) is 0 Å². The van der Waals surface area contributed by atoms with Gasteiger partial charge in [-0.1, -0.05) is 36.4 Å². The summed E-state index contributed by atoms with van der Waals surface area (Å²) in [4.78, 5) is 70.7. The standard InChI is InChI=1S/C35H45F2N5O9S/c1-33(2,3)51-31(46)38-26-13-15-34(36,37)14-7-6-10-23-17-35(23,30(45)40-52(48,49)25-11-12-25)39-28(43)27-16-24(20-42(27)29(26)44)50-32(47)41-18-21-8-4-5-9-22(21)19-41/h4-6,8-10,23-27H,7,11-20H2,1-3H3,(H,38,46)(H,39,43)(H,40,45)/b10-6-/t23-,24+,26-,27-,35+/m0/s1. The van der Waals surface area contributed by atoms with Crippen molar-refractivity contribution in [3.05, 3.63) is 47.5 Å². The number of halogens is 2. The van der Waals surface area contributed by atoms with Gasteiger partial charge in [-0.2, -0.15) is 0 Å². The van der Waals surface area contributed by atoms with E-state index in [0.717, 1.165) is 16.0 Å². The van der Waals surface area contributed by atoms with Crippen LogP contribution >= 0.6 is 0 Å². The SMILES string of the molecule is CC(C)(C)OC(=O)N[C@H]1CCC(F)(F)CC/C=C\[C@H]2C[C@@]2(C(=O)NS(=O)(=O)C2CC2)NC(=O)[C@@H]2C[C@@H](OC(=O)N3Cc4ccccc4C3)CN2C1=O. The van der Waals surface area contributed by atoms with E-state index in [0.29, 0.717) is 25.9 Å². The first-order valence-electron chi connectivity index (χ1n) is 17.6. The summed E-state index contributed by atoms with van der Waals surface area (Å²) >= 11 is 0. The summed E-state index contributed by atoms with van der Waals surface area (Å²) in [5, 5.41) is 4.36. The van der Waals surface area contributed by atoms with Gasteiger partial charge < -0.3 is 25.0 Å². The van der Waals surface area contributed by atoms with Crippen LogP contribution in [-0.4, -0.2) is 95.2 Å². The molecule has 0 unspecified atom stereocenters. The molecule has 3 aliphatic heterocycles. The third-order valence-corrected chi connectivity index (χ3v) is 11.8. The highest BCUT2D eigenvalue weighted by atomic mass is 32.2. The Morgan fingerprint density at radius 2 is 1.69 bits per heavy atom. The molecule has 6 rings (SSSR count). The molecule has 5 aliphatic rings. The zero-order valence-electron chi connectivity index (χ0n) is 29.4. The van der Waals surface area contributed by atoms with E-state index in [1.807, 2.05) is 24.3 Å². The number of alkyl carbamates (subject to hydrolysis) is 1.